The van der Waals surface area contributed by atoms with Crippen molar-refractivity contribution in [3.63, 3.8) is 0 Å². The van der Waals surface area contributed by atoms with Crippen molar-refractivity contribution in [2.75, 3.05) is 19.6 Å². The Bertz CT molecular complexity index is 601. The van der Waals surface area contributed by atoms with E-state index in [1.165, 1.54) is 50.5 Å². The number of hydrogen-bond donors (Lipinski definition) is 1. The second-order valence-electron chi connectivity index (χ2n) is 8.66. The maximum absolute atomic E-state index is 11.6. The van der Waals surface area contributed by atoms with E-state index in [4.69, 9.17) is 0 Å². The maximum Gasteiger partial charge on any atom is 0.220 e. The van der Waals surface area contributed by atoms with Crippen LogP contribution in [0.15, 0.2) is 12.4 Å². The number of nitrogens with zero attached hydrogens (tertiary/aromatic N) is 3. The first kappa shape index (κ1) is 17.9. The minimum absolute atomic E-state index is 0.236. The summed E-state index contributed by atoms with van der Waals surface area (Å²) in [5, 5.41) is 3.03. The van der Waals surface area contributed by atoms with Crippen molar-refractivity contribution < 1.29 is 4.79 Å². The molecule has 142 valence electrons. The highest BCUT2D eigenvalue weighted by molar-refractivity contribution is 5.76. The number of nitrogens with one attached hydrogen (secondary N) is 1. The van der Waals surface area contributed by atoms with Gasteiger partial charge in [-0.1, -0.05) is 19.3 Å². The van der Waals surface area contributed by atoms with E-state index in [1.54, 1.807) is 0 Å². The predicted molar refractivity (Wildman–Crippen MR) is 102 cm³/mol. The zero-order valence-electron chi connectivity index (χ0n) is 15.9. The number of likely N-dealkylation sites (tertiary alicyclic amines) is 1. The molecule has 4 rings (SSSR count). The third kappa shape index (κ3) is 4.25. The van der Waals surface area contributed by atoms with Crippen LogP contribution in [0.5, 0.6) is 0 Å². The van der Waals surface area contributed by atoms with Gasteiger partial charge in [0.15, 0.2) is 0 Å². The van der Waals surface area contributed by atoms with E-state index < -0.39 is 0 Å². The van der Waals surface area contributed by atoms with Crippen LogP contribution in [-0.2, 0) is 11.3 Å². The van der Waals surface area contributed by atoms with E-state index >= 15 is 0 Å². The van der Waals surface area contributed by atoms with Gasteiger partial charge in [0.05, 0.1) is 0 Å². The summed E-state index contributed by atoms with van der Waals surface area (Å²) in [6.45, 7) is 4.06. The van der Waals surface area contributed by atoms with Crippen molar-refractivity contribution in [2.45, 2.75) is 76.7 Å². The lowest BCUT2D eigenvalue weighted by atomic mass is 9.73. The Morgan fingerprint density at radius 2 is 1.77 bits per heavy atom. The van der Waals surface area contributed by atoms with Gasteiger partial charge in [0, 0.05) is 43.4 Å². The van der Waals surface area contributed by atoms with Crippen molar-refractivity contribution in [3.8, 4) is 0 Å². The number of amides is 1. The quantitative estimate of drug-likeness (QED) is 0.902. The molecule has 0 aromatic carbocycles. The second-order valence-corrected chi connectivity index (χ2v) is 8.66. The van der Waals surface area contributed by atoms with Gasteiger partial charge < -0.3 is 5.32 Å². The molecule has 2 saturated heterocycles. The van der Waals surface area contributed by atoms with E-state index in [9.17, 15) is 4.79 Å². The summed E-state index contributed by atoms with van der Waals surface area (Å²) in [6.07, 6.45) is 16.0. The van der Waals surface area contributed by atoms with E-state index in [0.29, 0.717) is 17.8 Å². The van der Waals surface area contributed by atoms with Gasteiger partial charge in [-0.05, 0) is 57.0 Å². The maximum atomic E-state index is 11.6. The van der Waals surface area contributed by atoms with Gasteiger partial charge in [-0.3, -0.25) is 9.69 Å². The van der Waals surface area contributed by atoms with Crippen LogP contribution in [0.3, 0.4) is 0 Å². The van der Waals surface area contributed by atoms with Gasteiger partial charge in [0.1, 0.15) is 5.82 Å². The smallest absolute Gasteiger partial charge is 0.220 e. The standard InChI is InChI=1S/C21H32N4O/c26-19-6-7-21(8-11-22-19)9-12-25(13-10-21)16-17-14-23-20(24-15-17)18-4-2-1-3-5-18/h14-15,18H,1-13,16H2,(H,22,26). The molecule has 1 amide bonds. The highest BCUT2D eigenvalue weighted by atomic mass is 16.1. The number of carbonyl (C=O) groups is 1. The normalized spacial score (nSPS) is 25.0. The van der Waals surface area contributed by atoms with Crippen LogP contribution in [-0.4, -0.2) is 40.4 Å². The molecule has 0 atom stereocenters. The Labute approximate surface area is 157 Å². The van der Waals surface area contributed by atoms with Gasteiger partial charge in [0.2, 0.25) is 5.91 Å². The first-order valence-corrected chi connectivity index (χ1v) is 10.5. The Morgan fingerprint density at radius 3 is 2.50 bits per heavy atom. The van der Waals surface area contributed by atoms with Gasteiger partial charge in [-0.25, -0.2) is 9.97 Å². The van der Waals surface area contributed by atoms with Crippen molar-refractivity contribution in [2.24, 2.45) is 5.41 Å². The zero-order valence-corrected chi connectivity index (χ0v) is 15.9. The average molecular weight is 357 g/mol. The SMILES string of the molecule is O=C1CCC2(CCN1)CCN(Cc1cnc(C3CCCCC3)nc1)CC2. The fourth-order valence-electron chi connectivity index (χ4n) is 5.02. The van der Waals surface area contributed by atoms with Crippen LogP contribution in [0.2, 0.25) is 0 Å². The van der Waals surface area contributed by atoms with Crippen LogP contribution in [0.25, 0.3) is 0 Å². The van der Waals surface area contributed by atoms with Crippen molar-refractivity contribution in [1.29, 1.82) is 0 Å². The molecule has 5 heteroatoms. The summed E-state index contributed by atoms with van der Waals surface area (Å²) in [6, 6.07) is 0. The molecule has 0 bridgehead atoms. The van der Waals surface area contributed by atoms with E-state index in [2.05, 4.69) is 32.6 Å². The summed E-state index contributed by atoms with van der Waals surface area (Å²) in [5.74, 6) is 1.88. The molecular formula is C21H32N4O. The Morgan fingerprint density at radius 1 is 1.04 bits per heavy atom. The predicted octanol–water partition coefficient (Wildman–Crippen LogP) is 3.41. The molecule has 3 fully saturated rings. The molecular weight excluding hydrogens is 324 g/mol. The summed E-state index contributed by atoms with van der Waals surface area (Å²) in [4.78, 5) is 23.5. The van der Waals surface area contributed by atoms with Crippen LogP contribution >= 0.6 is 0 Å². The number of carbonyl (C=O) groups excluding carboxylic acids is 1. The molecule has 1 aromatic rings. The van der Waals surface area contributed by atoms with Crippen molar-refractivity contribution in [3.05, 3.63) is 23.8 Å². The van der Waals surface area contributed by atoms with Crippen molar-refractivity contribution >= 4 is 5.91 Å². The lowest BCUT2D eigenvalue weighted by Gasteiger charge is -2.41. The molecule has 1 aromatic heterocycles. The first-order chi connectivity index (χ1) is 12.7. The molecule has 0 unspecified atom stereocenters. The van der Waals surface area contributed by atoms with E-state index in [1.807, 2.05) is 0 Å². The highest BCUT2D eigenvalue weighted by Crippen LogP contribution is 2.40. The van der Waals surface area contributed by atoms with Gasteiger partial charge in [-0.15, -0.1) is 0 Å². The molecule has 26 heavy (non-hydrogen) atoms. The Balaban J connectivity index is 1.29. The molecule has 2 aliphatic heterocycles. The lowest BCUT2D eigenvalue weighted by molar-refractivity contribution is -0.121. The second kappa shape index (κ2) is 8.03. The fraction of sp³-hybridized carbons (Fsp3) is 0.762. The lowest BCUT2D eigenvalue weighted by Crippen LogP contribution is -2.40. The van der Waals surface area contributed by atoms with Crippen molar-refractivity contribution in [1.82, 2.24) is 20.2 Å². The Hall–Kier alpha value is -1.49. The summed E-state index contributed by atoms with van der Waals surface area (Å²) >= 11 is 0. The summed E-state index contributed by atoms with van der Waals surface area (Å²) in [7, 11) is 0. The number of piperidine rings is 1. The minimum atomic E-state index is 0.236. The number of rotatable bonds is 3. The molecule has 3 heterocycles. The van der Waals surface area contributed by atoms with Crippen LogP contribution in [0, 0.1) is 5.41 Å². The van der Waals surface area contributed by atoms with Crippen LogP contribution in [0.4, 0.5) is 0 Å². The molecule has 0 radical (unpaired) electrons. The average Bonchev–Trinajstić information content (AvgIpc) is 2.87. The van der Waals surface area contributed by atoms with Gasteiger partial charge in [-0.2, -0.15) is 0 Å². The number of hydrogen-bond acceptors (Lipinski definition) is 4. The van der Waals surface area contributed by atoms with Crippen LogP contribution in [0.1, 0.15) is 81.5 Å². The molecule has 5 nitrogen and oxygen atoms in total. The number of aromatic nitrogens is 2. The zero-order chi connectivity index (χ0) is 17.8. The first-order valence-electron chi connectivity index (χ1n) is 10.5. The van der Waals surface area contributed by atoms with Crippen LogP contribution < -0.4 is 5.32 Å². The van der Waals surface area contributed by atoms with E-state index in [-0.39, 0.29) is 5.91 Å². The third-order valence-corrected chi connectivity index (χ3v) is 6.88. The Kier molecular flexibility index (Phi) is 5.53. The minimum Gasteiger partial charge on any atom is -0.356 e. The topological polar surface area (TPSA) is 58.1 Å². The third-order valence-electron chi connectivity index (χ3n) is 6.88. The molecule has 1 spiro atoms. The molecule has 1 N–H and O–H groups in total. The van der Waals surface area contributed by atoms with Gasteiger partial charge in [0.25, 0.3) is 0 Å². The van der Waals surface area contributed by atoms with Gasteiger partial charge >= 0.3 is 0 Å². The summed E-state index contributed by atoms with van der Waals surface area (Å²) in [5.41, 5.74) is 1.62. The molecule has 1 saturated carbocycles. The largest absolute Gasteiger partial charge is 0.356 e. The monoisotopic (exact) mass is 356 g/mol. The highest BCUT2D eigenvalue weighted by Gasteiger charge is 2.36. The summed E-state index contributed by atoms with van der Waals surface area (Å²) < 4.78 is 0. The van der Waals surface area contributed by atoms with E-state index in [0.717, 1.165) is 44.8 Å². The molecule has 3 aliphatic rings. The molecule has 1 aliphatic carbocycles. The fourth-order valence-corrected chi connectivity index (χ4v) is 5.02.